The maximum Gasteiger partial charge on any atom is 0.259 e. The summed E-state index contributed by atoms with van der Waals surface area (Å²) in [5.74, 6) is 0.763. The Balaban J connectivity index is 1.83. The first-order valence-electron chi connectivity index (χ1n) is 8.07. The fourth-order valence-corrected chi connectivity index (χ4v) is 2.12. The van der Waals surface area contributed by atoms with Crippen molar-refractivity contribution in [2.45, 2.75) is 6.92 Å². The Morgan fingerprint density at radius 1 is 1.19 bits per heavy atom. The Kier molecular flexibility index (Phi) is 7.18. The molecule has 0 aliphatic carbocycles. The lowest BCUT2D eigenvalue weighted by atomic mass is 10.2. The van der Waals surface area contributed by atoms with Crippen LogP contribution < -0.4 is 20.2 Å². The molecule has 2 rings (SSSR count). The van der Waals surface area contributed by atoms with Gasteiger partial charge >= 0.3 is 0 Å². The number of amides is 2. The largest absolute Gasteiger partial charge is 0.493 e. The molecule has 0 saturated heterocycles. The molecule has 0 bridgehead atoms. The van der Waals surface area contributed by atoms with Crippen molar-refractivity contribution in [2.75, 3.05) is 20.8 Å². The van der Waals surface area contributed by atoms with E-state index in [4.69, 9.17) is 13.9 Å². The monoisotopic (exact) mass is 371 g/mol. The predicted molar refractivity (Wildman–Crippen MR) is 101 cm³/mol. The number of carbonyl (C=O) groups excluding carboxylic acids is 2. The molecule has 0 radical (unpaired) electrons. The van der Waals surface area contributed by atoms with Crippen molar-refractivity contribution >= 4 is 24.1 Å². The molecule has 142 valence electrons. The first kappa shape index (κ1) is 19.8. The summed E-state index contributed by atoms with van der Waals surface area (Å²) in [7, 11) is 2.99. The molecule has 8 heteroatoms. The summed E-state index contributed by atoms with van der Waals surface area (Å²) in [5.41, 5.74) is 3.48. The Labute approximate surface area is 156 Å². The maximum atomic E-state index is 12.1. The normalized spacial score (nSPS) is 11.3. The number of rotatable bonds is 8. The third-order valence-corrected chi connectivity index (χ3v) is 3.43. The summed E-state index contributed by atoms with van der Waals surface area (Å²) in [4.78, 5) is 23.9. The molecule has 0 unspecified atom stereocenters. The molecule has 2 aromatic rings. The molecule has 0 aliphatic heterocycles. The zero-order valence-corrected chi connectivity index (χ0v) is 15.3. The van der Waals surface area contributed by atoms with E-state index in [9.17, 15) is 9.59 Å². The molecule has 1 aromatic heterocycles. The highest BCUT2D eigenvalue weighted by Crippen LogP contribution is 2.27. The summed E-state index contributed by atoms with van der Waals surface area (Å²) < 4.78 is 15.4. The first-order chi connectivity index (χ1) is 13.0. The number of methoxy groups -OCH3 is 2. The lowest BCUT2D eigenvalue weighted by Crippen LogP contribution is -2.34. The van der Waals surface area contributed by atoms with Gasteiger partial charge in [0.15, 0.2) is 11.5 Å². The third kappa shape index (κ3) is 6.03. The van der Waals surface area contributed by atoms with E-state index in [0.29, 0.717) is 22.8 Å². The van der Waals surface area contributed by atoms with Crippen LogP contribution in [-0.2, 0) is 4.79 Å². The molecule has 0 atom stereocenters. The van der Waals surface area contributed by atoms with E-state index in [-0.39, 0.29) is 6.54 Å². The fourth-order valence-electron chi connectivity index (χ4n) is 2.12. The number of nitrogens with zero attached hydrogens (tertiary/aromatic N) is 1. The van der Waals surface area contributed by atoms with Gasteiger partial charge in [0.25, 0.3) is 11.8 Å². The van der Waals surface area contributed by atoms with Crippen molar-refractivity contribution in [3.63, 3.8) is 0 Å². The topological polar surface area (TPSA) is 102 Å². The van der Waals surface area contributed by atoms with Crippen LogP contribution in [0.5, 0.6) is 11.5 Å². The van der Waals surface area contributed by atoms with Crippen LogP contribution in [0.2, 0.25) is 0 Å². The molecule has 8 nitrogen and oxygen atoms in total. The SMILES string of the molecule is COc1ccc(C(=O)NCC(=O)NN=C/C(C)=C/c2ccco2)cc1OC. The molecule has 2 amide bonds. The van der Waals surface area contributed by atoms with E-state index in [1.165, 1.54) is 26.5 Å². The van der Waals surface area contributed by atoms with Gasteiger partial charge in [0, 0.05) is 5.56 Å². The summed E-state index contributed by atoms with van der Waals surface area (Å²) in [6, 6.07) is 8.31. The molecule has 0 aliphatic rings. The van der Waals surface area contributed by atoms with Gasteiger partial charge < -0.3 is 19.2 Å². The minimum Gasteiger partial charge on any atom is -0.493 e. The van der Waals surface area contributed by atoms with E-state index in [1.807, 2.05) is 6.92 Å². The smallest absolute Gasteiger partial charge is 0.259 e. The molecule has 0 spiro atoms. The first-order valence-corrected chi connectivity index (χ1v) is 8.07. The van der Waals surface area contributed by atoms with Crippen molar-refractivity contribution < 1.29 is 23.5 Å². The molecule has 0 fully saturated rings. The van der Waals surface area contributed by atoms with Gasteiger partial charge in [-0.15, -0.1) is 0 Å². The lowest BCUT2D eigenvalue weighted by Gasteiger charge is -2.09. The Morgan fingerprint density at radius 2 is 1.96 bits per heavy atom. The maximum absolute atomic E-state index is 12.1. The van der Waals surface area contributed by atoms with Gasteiger partial charge in [-0.2, -0.15) is 5.10 Å². The molecule has 2 N–H and O–H groups in total. The highest BCUT2D eigenvalue weighted by Gasteiger charge is 2.11. The number of ether oxygens (including phenoxy) is 2. The number of allylic oxidation sites excluding steroid dienone is 1. The van der Waals surface area contributed by atoms with Gasteiger partial charge in [-0.05, 0) is 48.9 Å². The summed E-state index contributed by atoms with van der Waals surface area (Å²) in [5, 5.41) is 6.34. The molecule has 27 heavy (non-hydrogen) atoms. The second-order valence-electron chi connectivity index (χ2n) is 5.45. The molecule has 1 aromatic carbocycles. The van der Waals surface area contributed by atoms with E-state index in [0.717, 1.165) is 5.57 Å². The van der Waals surface area contributed by atoms with Crippen LogP contribution >= 0.6 is 0 Å². The average Bonchev–Trinajstić information content (AvgIpc) is 3.18. The van der Waals surface area contributed by atoms with E-state index in [2.05, 4.69) is 15.8 Å². The Hall–Kier alpha value is -3.55. The quantitative estimate of drug-likeness (QED) is 0.547. The molecular weight excluding hydrogens is 350 g/mol. The van der Waals surface area contributed by atoms with Gasteiger partial charge in [-0.1, -0.05) is 0 Å². The second-order valence-corrected chi connectivity index (χ2v) is 5.45. The van der Waals surface area contributed by atoms with Crippen molar-refractivity contribution in [2.24, 2.45) is 5.10 Å². The minimum absolute atomic E-state index is 0.217. The highest BCUT2D eigenvalue weighted by atomic mass is 16.5. The zero-order chi connectivity index (χ0) is 19.6. The van der Waals surface area contributed by atoms with Crippen molar-refractivity contribution in [1.29, 1.82) is 0 Å². The van der Waals surface area contributed by atoms with Gasteiger partial charge in [0.05, 0.1) is 33.2 Å². The summed E-state index contributed by atoms with van der Waals surface area (Å²) in [6.45, 7) is 1.60. The van der Waals surface area contributed by atoms with Crippen LogP contribution in [0.25, 0.3) is 6.08 Å². The zero-order valence-electron chi connectivity index (χ0n) is 15.3. The third-order valence-electron chi connectivity index (χ3n) is 3.43. The highest BCUT2D eigenvalue weighted by molar-refractivity contribution is 5.97. The number of carbonyl (C=O) groups is 2. The van der Waals surface area contributed by atoms with Crippen molar-refractivity contribution in [3.05, 3.63) is 53.5 Å². The summed E-state index contributed by atoms with van der Waals surface area (Å²) in [6.07, 6.45) is 4.82. The van der Waals surface area contributed by atoms with Crippen LogP contribution in [0, 0.1) is 0 Å². The van der Waals surface area contributed by atoms with Crippen LogP contribution in [0.1, 0.15) is 23.0 Å². The van der Waals surface area contributed by atoms with Crippen LogP contribution in [-0.4, -0.2) is 38.8 Å². The van der Waals surface area contributed by atoms with Crippen LogP contribution in [0.3, 0.4) is 0 Å². The average molecular weight is 371 g/mol. The number of hydrogen-bond donors (Lipinski definition) is 2. The van der Waals surface area contributed by atoms with Gasteiger partial charge in [0.1, 0.15) is 5.76 Å². The number of hydrazone groups is 1. The standard InChI is InChI=1S/C19H21N3O5/c1-13(9-15-5-4-8-27-15)11-21-22-18(23)12-20-19(24)14-6-7-16(25-2)17(10-14)26-3/h4-11H,12H2,1-3H3,(H,20,24)(H,22,23)/b13-9+,21-11?. The van der Waals surface area contributed by atoms with Crippen LogP contribution in [0.15, 0.2) is 51.7 Å². The predicted octanol–water partition coefficient (Wildman–Crippen LogP) is 2.23. The fraction of sp³-hybridized carbons (Fsp3) is 0.211. The van der Waals surface area contributed by atoms with E-state index < -0.39 is 11.8 Å². The molecular formula is C19H21N3O5. The summed E-state index contributed by atoms with van der Waals surface area (Å²) >= 11 is 0. The van der Waals surface area contributed by atoms with Gasteiger partial charge in [0.2, 0.25) is 0 Å². The molecule has 0 saturated carbocycles. The van der Waals surface area contributed by atoms with Crippen LogP contribution in [0.4, 0.5) is 0 Å². The van der Waals surface area contributed by atoms with E-state index in [1.54, 1.807) is 36.6 Å². The number of nitrogens with one attached hydrogen (secondary N) is 2. The lowest BCUT2D eigenvalue weighted by molar-refractivity contribution is -0.120. The van der Waals surface area contributed by atoms with Gasteiger partial charge in [-0.25, -0.2) is 5.43 Å². The minimum atomic E-state index is -0.453. The van der Waals surface area contributed by atoms with Crippen molar-refractivity contribution in [3.8, 4) is 11.5 Å². The Morgan fingerprint density at radius 3 is 2.63 bits per heavy atom. The van der Waals surface area contributed by atoms with Crippen molar-refractivity contribution in [1.82, 2.24) is 10.7 Å². The number of benzene rings is 1. The molecule has 1 heterocycles. The number of furan rings is 1. The second kappa shape index (κ2) is 9.81. The number of hydrogen-bond acceptors (Lipinski definition) is 6. The Bertz CT molecular complexity index is 841. The van der Waals surface area contributed by atoms with E-state index >= 15 is 0 Å². The van der Waals surface area contributed by atoms with Gasteiger partial charge in [-0.3, -0.25) is 9.59 Å².